The fourth-order valence-corrected chi connectivity index (χ4v) is 3.03. The molecule has 6 nitrogen and oxygen atoms in total. The Morgan fingerprint density at radius 2 is 2.17 bits per heavy atom. The molecular formula is C17H16N2O4S. The van der Waals surface area contributed by atoms with Gasteiger partial charge in [-0.3, -0.25) is 9.59 Å². The van der Waals surface area contributed by atoms with Gasteiger partial charge in [0.1, 0.15) is 16.9 Å². The molecule has 0 saturated heterocycles. The van der Waals surface area contributed by atoms with Gasteiger partial charge >= 0.3 is 0 Å². The van der Waals surface area contributed by atoms with E-state index in [1.165, 1.54) is 23.7 Å². The average molecular weight is 344 g/mol. The first kappa shape index (κ1) is 16.2. The number of aromatic amines is 1. The van der Waals surface area contributed by atoms with Gasteiger partial charge in [-0.1, -0.05) is 6.07 Å². The van der Waals surface area contributed by atoms with Gasteiger partial charge in [-0.25, -0.2) is 0 Å². The van der Waals surface area contributed by atoms with Crippen molar-refractivity contribution in [2.75, 3.05) is 6.54 Å². The molecule has 124 valence electrons. The van der Waals surface area contributed by atoms with Crippen molar-refractivity contribution in [1.29, 1.82) is 0 Å². The molecule has 3 N–H and O–H groups in total. The number of thiophene rings is 1. The van der Waals surface area contributed by atoms with Crippen LogP contribution in [-0.4, -0.2) is 22.5 Å². The maximum atomic E-state index is 12.2. The number of pyridine rings is 1. The fourth-order valence-electron chi connectivity index (χ4n) is 2.25. The number of H-pyrrole nitrogens is 1. The van der Waals surface area contributed by atoms with Crippen LogP contribution in [-0.2, 0) is 5.60 Å². The summed E-state index contributed by atoms with van der Waals surface area (Å²) in [4.78, 5) is 27.7. The molecule has 1 atom stereocenters. The van der Waals surface area contributed by atoms with Gasteiger partial charge in [0.15, 0.2) is 0 Å². The summed E-state index contributed by atoms with van der Waals surface area (Å²) < 4.78 is 5.21. The molecule has 0 aliphatic rings. The Bertz CT molecular complexity index is 880. The lowest BCUT2D eigenvalue weighted by atomic mass is 10.1. The summed E-state index contributed by atoms with van der Waals surface area (Å²) in [7, 11) is 0. The monoisotopic (exact) mass is 344 g/mol. The van der Waals surface area contributed by atoms with E-state index in [9.17, 15) is 14.7 Å². The second kappa shape index (κ2) is 6.46. The lowest BCUT2D eigenvalue weighted by molar-refractivity contribution is 0.0556. The Hall–Kier alpha value is -2.64. The third-order valence-corrected chi connectivity index (χ3v) is 4.71. The van der Waals surface area contributed by atoms with Crippen LogP contribution in [0.3, 0.4) is 0 Å². The molecule has 1 unspecified atom stereocenters. The quantitative estimate of drug-likeness (QED) is 0.662. The topological polar surface area (TPSA) is 95.3 Å². The number of furan rings is 1. The van der Waals surface area contributed by atoms with E-state index >= 15 is 0 Å². The Kier molecular flexibility index (Phi) is 4.37. The molecule has 3 rings (SSSR count). The smallest absolute Gasteiger partial charge is 0.261 e. The van der Waals surface area contributed by atoms with E-state index in [-0.39, 0.29) is 12.1 Å². The van der Waals surface area contributed by atoms with Gasteiger partial charge < -0.3 is 19.8 Å². The number of aliphatic hydroxyl groups is 1. The van der Waals surface area contributed by atoms with Gasteiger partial charge in [0.2, 0.25) is 0 Å². The highest BCUT2D eigenvalue weighted by Crippen LogP contribution is 2.24. The standard InChI is InChI=1S/C17H16N2O4S/c1-17(22,14-5-3-9-24-14)10-18-15(20)11-6-7-12(19-16(11)21)13-4-2-8-23-13/h2-9,22H,10H2,1H3,(H,18,20)(H,19,21). The van der Waals surface area contributed by atoms with E-state index in [0.717, 1.165) is 4.88 Å². The van der Waals surface area contributed by atoms with Gasteiger partial charge in [0, 0.05) is 4.88 Å². The van der Waals surface area contributed by atoms with Crippen molar-refractivity contribution in [1.82, 2.24) is 10.3 Å². The Balaban J connectivity index is 1.73. The Morgan fingerprint density at radius 3 is 2.79 bits per heavy atom. The molecule has 3 heterocycles. The first-order valence-corrected chi connectivity index (χ1v) is 8.17. The van der Waals surface area contributed by atoms with E-state index < -0.39 is 17.1 Å². The van der Waals surface area contributed by atoms with Crippen LogP contribution in [0.25, 0.3) is 11.5 Å². The number of carbonyl (C=O) groups excluding carboxylic acids is 1. The summed E-state index contributed by atoms with van der Waals surface area (Å²) in [5.41, 5.74) is -1.23. The van der Waals surface area contributed by atoms with Crippen LogP contribution in [0.2, 0.25) is 0 Å². The zero-order valence-corrected chi connectivity index (χ0v) is 13.7. The molecule has 0 aliphatic carbocycles. The number of carbonyl (C=O) groups is 1. The van der Waals surface area contributed by atoms with Crippen molar-refractivity contribution in [3.63, 3.8) is 0 Å². The van der Waals surface area contributed by atoms with E-state index in [2.05, 4.69) is 10.3 Å². The van der Waals surface area contributed by atoms with E-state index in [1.54, 1.807) is 31.2 Å². The molecule has 3 aromatic rings. The summed E-state index contributed by atoms with van der Waals surface area (Å²) in [5.74, 6) is -0.0289. The van der Waals surface area contributed by atoms with Crippen LogP contribution in [0.1, 0.15) is 22.2 Å². The SMILES string of the molecule is CC(O)(CNC(=O)c1ccc(-c2ccco2)[nH]c1=O)c1cccs1. The zero-order valence-electron chi connectivity index (χ0n) is 12.9. The second-order valence-electron chi connectivity index (χ2n) is 5.53. The van der Waals surface area contributed by atoms with Crippen molar-refractivity contribution in [2.45, 2.75) is 12.5 Å². The van der Waals surface area contributed by atoms with Gasteiger partial charge in [0.05, 0.1) is 18.5 Å². The van der Waals surface area contributed by atoms with Gasteiger partial charge in [-0.05, 0) is 42.6 Å². The highest BCUT2D eigenvalue weighted by Gasteiger charge is 2.25. The number of hydrogen-bond donors (Lipinski definition) is 3. The normalized spacial score (nSPS) is 13.4. The fraction of sp³-hybridized carbons (Fsp3) is 0.176. The highest BCUT2D eigenvalue weighted by molar-refractivity contribution is 7.10. The van der Waals surface area contributed by atoms with E-state index in [0.29, 0.717) is 11.5 Å². The third-order valence-electron chi connectivity index (χ3n) is 3.59. The minimum Gasteiger partial charge on any atom is -0.463 e. The molecule has 3 aromatic heterocycles. The molecule has 0 radical (unpaired) electrons. The summed E-state index contributed by atoms with van der Waals surface area (Å²) in [6, 6.07) is 10.1. The summed E-state index contributed by atoms with van der Waals surface area (Å²) >= 11 is 1.40. The van der Waals surface area contributed by atoms with Crippen LogP contribution in [0.15, 0.2) is 57.3 Å². The van der Waals surface area contributed by atoms with Crippen LogP contribution in [0.4, 0.5) is 0 Å². The molecule has 7 heteroatoms. The van der Waals surface area contributed by atoms with Crippen LogP contribution >= 0.6 is 11.3 Å². The maximum Gasteiger partial charge on any atom is 0.261 e. The molecule has 24 heavy (non-hydrogen) atoms. The van der Waals surface area contributed by atoms with Crippen molar-refractivity contribution in [3.8, 4) is 11.5 Å². The van der Waals surface area contributed by atoms with Crippen molar-refractivity contribution < 1.29 is 14.3 Å². The van der Waals surface area contributed by atoms with E-state index in [1.807, 2.05) is 11.4 Å². The molecule has 0 aliphatic heterocycles. The molecular weight excluding hydrogens is 328 g/mol. The summed E-state index contributed by atoms with van der Waals surface area (Å²) in [6.45, 7) is 1.62. The third kappa shape index (κ3) is 3.32. The first-order valence-electron chi connectivity index (χ1n) is 7.29. The van der Waals surface area contributed by atoms with Crippen LogP contribution < -0.4 is 10.9 Å². The Labute approximate surface area is 141 Å². The van der Waals surface area contributed by atoms with Crippen molar-refractivity contribution in [2.24, 2.45) is 0 Å². The number of aromatic nitrogens is 1. The van der Waals surface area contributed by atoms with Gasteiger partial charge in [-0.15, -0.1) is 11.3 Å². The van der Waals surface area contributed by atoms with Gasteiger partial charge in [0.25, 0.3) is 11.5 Å². The minimum atomic E-state index is -1.19. The first-order chi connectivity index (χ1) is 11.5. The highest BCUT2D eigenvalue weighted by atomic mass is 32.1. The van der Waals surface area contributed by atoms with Gasteiger partial charge in [-0.2, -0.15) is 0 Å². The Morgan fingerprint density at radius 1 is 1.33 bits per heavy atom. The molecule has 0 saturated carbocycles. The number of hydrogen-bond acceptors (Lipinski definition) is 5. The van der Waals surface area contributed by atoms with E-state index in [4.69, 9.17) is 4.42 Å². The largest absolute Gasteiger partial charge is 0.463 e. The lowest BCUT2D eigenvalue weighted by Gasteiger charge is -2.22. The number of rotatable bonds is 5. The second-order valence-corrected chi connectivity index (χ2v) is 6.47. The average Bonchev–Trinajstić information content (AvgIpc) is 3.25. The lowest BCUT2D eigenvalue weighted by Crippen LogP contribution is -2.39. The summed E-state index contributed by atoms with van der Waals surface area (Å²) in [6.07, 6.45) is 1.50. The summed E-state index contributed by atoms with van der Waals surface area (Å²) in [5, 5.41) is 14.9. The maximum absolute atomic E-state index is 12.2. The number of amides is 1. The zero-order chi connectivity index (χ0) is 17.2. The van der Waals surface area contributed by atoms with Crippen molar-refractivity contribution in [3.05, 3.63) is 68.8 Å². The van der Waals surface area contributed by atoms with Crippen LogP contribution in [0.5, 0.6) is 0 Å². The predicted octanol–water partition coefficient (Wildman–Crippen LogP) is 2.33. The molecule has 1 amide bonds. The molecule has 0 aromatic carbocycles. The predicted molar refractivity (Wildman–Crippen MR) is 91.0 cm³/mol. The molecule has 0 bridgehead atoms. The van der Waals surface area contributed by atoms with Crippen molar-refractivity contribution >= 4 is 17.2 Å². The molecule has 0 spiro atoms. The minimum absolute atomic E-state index is 0.00568. The number of nitrogens with one attached hydrogen (secondary N) is 2. The molecule has 0 fully saturated rings. The van der Waals surface area contributed by atoms with Crippen LogP contribution in [0, 0.1) is 0 Å².